The van der Waals surface area contributed by atoms with Gasteiger partial charge in [-0.25, -0.2) is 9.97 Å². The van der Waals surface area contributed by atoms with Gasteiger partial charge in [-0.15, -0.1) is 0 Å². The molecule has 3 N–H and O–H groups in total. The fourth-order valence-corrected chi connectivity index (χ4v) is 1.88. The lowest BCUT2D eigenvalue weighted by molar-refractivity contribution is 0.0958. The Morgan fingerprint density at radius 1 is 1.29 bits per heavy atom. The second-order valence-electron chi connectivity index (χ2n) is 4.74. The molecule has 2 rings (SSSR count). The fraction of sp³-hybridized carbons (Fsp3) is 0.267. The summed E-state index contributed by atoms with van der Waals surface area (Å²) in [6, 6.07) is 9.07. The van der Waals surface area contributed by atoms with Gasteiger partial charge in [-0.3, -0.25) is 4.79 Å². The third-order valence-corrected chi connectivity index (χ3v) is 2.73. The summed E-state index contributed by atoms with van der Waals surface area (Å²) < 4.78 is 5.76. The van der Waals surface area contributed by atoms with Crippen molar-refractivity contribution in [3.63, 3.8) is 0 Å². The third-order valence-electron chi connectivity index (χ3n) is 2.73. The fourth-order valence-electron chi connectivity index (χ4n) is 1.88. The number of benzene rings is 1. The first-order valence-electron chi connectivity index (χ1n) is 6.64. The molecule has 0 atom stereocenters. The van der Waals surface area contributed by atoms with Crippen molar-refractivity contribution < 1.29 is 9.53 Å². The highest BCUT2D eigenvalue weighted by atomic mass is 16.5. The molecular formula is C15H18N4O2. The van der Waals surface area contributed by atoms with Crippen LogP contribution in [-0.4, -0.2) is 29.0 Å². The highest BCUT2D eigenvalue weighted by molar-refractivity contribution is 5.93. The number of nitrogens with one attached hydrogen (secondary N) is 1. The van der Waals surface area contributed by atoms with E-state index in [-0.39, 0.29) is 23.7 Å². The number of rotatable bonds is 4. The molecule has 110 valence electrons. The van der Waals surface area contributed by atoms with Crippen molar-refractivity contribution >= 4 is 11.9 Å². The summed E-state index contributed by atoms with van der Waals surface area (Å²) in [4.78, 5) is 19.9. The highest BCUT2D eigenvalue weighted by Gasteiger charge is 2.14. The number of hydrogen-bond donors (Lipinski definition) is 2. The SMILES string of the molecule is CNC(=O)c1cc(-c2ccccc2OC(C)C)nc(N)n1. The van der Waals surface area contributed by atoms with Gasteiger partial charge in [0.15, 0.2) is 0 Å². The lowest BCUT2D eigenvalue weighted by Crippen LogP contribution is -2.20. The van der Waals surface area contributed by atoms with Crippen LogP contribution in [0.1, 0.15) is 24.3 Å². The molecule has 1 aromatic carbocycles. The molecule has 0 fully saturated rings. The Hall–Kier alpha value is -2.63. The van der Waals surface area contributed by atoms with E-state index >= 15 is 0 Å². The van der Waals surface area contributed by atoms with E-state index in [2.05, 4.69) is 15.3 Å². The van der Waals surface area contributed by atoms with Crippen LogP contribution in [0.5, 0.6) is 5.75 Å². The minimum absolute atomic E-state index is 0.0312. The maximum absolute atomic E-state index is 11.7. The molecule has 0 saturated heterocycles. The van der Waals surface area contributed by atoms with Crippen LogP contribution in [0.3, 0.4) is 0 Å². The third kappa shape index (κ3) is 3.47. The largest absolute Gasteiger partial charge is 0.490 e. The molecule has 6 nitrogen and oxygen atoms in total. The Kier molecular flexibility index (Phi) is 4.37. The van der Waals surface area contributed by atoms with Gasteiger partial charge < -0.3 is 15.8 Å². The average Bonchev–Trinajstić information content (AvgIpc) is 2.45. The molecule has 0 saturated carbocycles. The number of nitrogen functional groups attached to an aromatic ring is 1. The van der Waals surface area contributed by atoms with Gasteiger partial charge in [-0.05, 0) is 32.0 Å². The number of carbonyl (C=O) groups is 1. The van der Waals surface area contributed by atoms with E-state index in [1.54, 1.807) is 6.07 Å². The molecule has 1 aromatic heterocycles. The van der Waals surface area contributed by atoms with Gasteiger partial charge in [0.1, 0.15) is 11.4 Å². The second kappa shape index (κ2) is 6.21. The molecule has 0 radical (unpaired) electrons. The number of hydrogen-bond acceptors (Lipinski definition) is 5. The van der Waals surface area contributed by atoms with Crippen LogP contribution in [-0.2, 0) is 0 Å². The minimum Gasteiger partial charge on any atom is -0.490 e. The molecule has 2 aromatic rings. The molecule has 6 heteroatoms. The normalized spacial score (nSPS) is 10.5. The number of aromatic nitrogens is 2. The number of nitrogens with zero attached hydrogens (tertiary/aromatic N) is 2. The lowest BCUT2D eigenvalue weighted by Gasteiger charge is -2.14. The van der Waals surface area contributed by atoms with E-state index in [0.717, 1.165) is 5.56 Å². The van der Waals surface area contributed by atoms with E-state index in [0.29, 0.717) is 11.4 Å². The predicted molar refractivity (Wildman–Crippen MR) is 81.0 cm³/mol. The van der Waals surface area contributed by atoms with Crippen LogP contribution in [0.4, 0.5) is 5.95 Å². The Balaban J connectivity index is 2.51. The Morgan fingerprint density at radius 3 is 2.67 bits per heavy atom. The zero-order valence-electron chi connectivity index (χ0n) is 12.3. The van der Waals surface area contributed by atoms with Crippen molar-refractivity contribution in [2.24, 2.45) is 0 Å². The van der Waals surface area contributed by atoms with Gasteiger partial charge in [0.25, 0.3) is 5.91 Å². The van der Waals surface area contributed by atoms with E-state index < -0.39 is 0 Å². The van der Waals surface area contributed by atoms with Crippen LogP contribution in [0, 0.1) is 0 Å². The van der Waals surface area contributed by atoms with Crippen LogP contribution >= 0.6 is 0 Å². The first-order valence-corrected chi connectivity index (χ1v) is 6.64. The van der Waals surface area contributed by atoms with Gasteiger partial charge in [-0.2, -0.15) is 0 Å². The number of carbonyl (C=O) groups excluding carboxylic acids is 1. The van der Waals surface area contributed by atoms with Crippen LogP contribution in [0.2, 0.25) is 0 Å². The predicted octanol–water partition coefficient (Wildman–Crippen LogP) is 1.87. The zero-order valence-corrected chi connectivity index (χ0v) is 12.3. The number of nitrogens with two attached hydrogens (primary N) is 1. The van der Waals surface area contributed by atoms with Gasteiger partial charge in [0.05, 0.1) is 11.8 Å². The number of ether oxygens (including phenoxy) is 1. The van der Waals surface area contributed by atoms with Crippen LogP contribution < -0.4 is 15.8 Å². The van der Waals surface area contributed by atoms with Crippen molar-refractivity contribution in [2.45, 2.75) is 20.0 Å². The highest BCUT2D eigenvalue weighted by Crippen LogP contribution is 2.29. The van der Waals surface area contributed by atoms with E-state index in [1.807, 2.05) is 38.1 Å². The molecular weight excluding hydrogens is 268 g/mol. The molecule has 0 spiro atoms. The lowest BCUT2D eigenvalue weighted by atomic mass is 10.1. The Bertz CT molecular complexity index is 656. The smallest absolute Gasteiger partial charge is 0.269 e. The summed E-state index contributed by atoms with van der Waals surface area (Å²) in [6.45, 7) is 3.89. The Labute approximate surface area is 123 Å². The zero-order chi connectivity index (χ0) is 15.4. The van der Waals surface area contributed by atoms with Crippen molar-refractivity contribution in [3.05, 3.63) is 36.0 Å². The molecule has 1 heterocycles. The maximum atomic E-state index is 11.7. The molecule has 0 aliphatic heterocycles. The summed E-state index contributed by atoms with van der Waals surface area (Å²) in [5, 5.41) is 2.52. The van der Waals surface area contributed by atoms with Crippen LogP contribution in [0.15, 0.2) is 30.3 Å². The molecule has 0 unspecified atom stereocenters. The molecule has 21 heavy (non-hydrogen) atoms. The summed E-state index contributed by atoms with van der Waals surface area (Å²) in [6.07, 6.45) is 0.0312. The quantitative estimate of drug-likeness (QED) is 0.895. The molecule has 0 aliphatic carbocycles. The number of amides is 1. The van der Waals surface area contributed by atoms with Gasteiger partial charge in [0.2, 0.25) is 5.95 Å². The standard InChI is InChI=1S/C15H18N4O2/c1-9(2)21-13-7-5-4-6-10(13)11-8-12(14(20)17-3)19-15(16)18-11/h4-9H,1-3H3,(H,17,20)(H2,16,18,19). The van der Waals surface area contributed by atoms with Gasteiger partial charge in [0, 0.05) is 12.6 Å². The summed E-state index contributed by atoms with van der Waals surface area (Å²) in [5.41, 5.74) is 7.24. The van der Waals surface area contributed by atoms with E-state index in [4.69, 9.17) is 10.5 Å². The van der Waals surface area contributed by atoms with Crippen molar-refractivity contribution in [1.82, 2.24) is 15.3 Å². The van der Waals surface area contributed by atoms with Crippen molar-refractivity contribution in [2.75, 3.05) is 12.8 Å². The second-order valence-corrected chi connectivity index (χ2v) is 4.74. The maximum Gasteiger partial charge on any atom is 0.269 e. The topological polar surface area (TPSA) is 90.1 Å². The minimum atomic E-state index is -0.312. The van der Waals surface area contributed by atoms with E-state index in [9.17, 15) is 4.79 Å². The number of anilines is 1. The van der Waals surface area contributed by atoms with Gasteiger partial charge >= 0.3 is 0 Å². The van der Waals surface area contributed by atoms with E-state index in [1.165, 1.54) is 7.05 Å². The van der Waals surface area contributed by atoms with Gasteiger partial charge in [-0.1, -0.05) is 12.1 Å². The monoisotopic (exact) mass is 286 g/mol. The molecule has 0 aliphatic rings. The Morgan fingerprint density at radius 2 is 2.00 bits per heavy atom. The summed E-state index contributed by atoms with van der Waals surface area (Å²) >= 11 is 0. The molecule has 1 amide bonds. The van der Waals surface area contributed by atoms with Crippen molar-refractivity contribution in [1.29, 1.82) is 0 Å². The van der Waals surface area contributed by atoms with Crippen LogP contribution in [0.25, 0.3) is 11.3 Å². The average molecular weight is 286 g/mol. The van der Waals surface area contributed by atoms with Crippen molar-refractivity contribution in [3.8, 4) is 17.0 Å². The first-order chi connectivity index (χ1) is 10.0. The summed E-state index contributed by atoms with van der Waals surface area (Å²) in [7, 11) is 1.54. The summed E-state index contributed by atoms with van der Waals surface area (Å²) in [5.74, 6) is 0.423. The first kappa shape index (κ1) is 14.8. The molecule has 0 bridgehead atoms. The number of para-hydroxylation sites is 1.